The summed E-state index contributed by atoms with van der Waals surface area (Å²) in [4.78, 5) is 0. The van der Waals surface area contributed by atoms with E-state index in [-0.39, 0.29) is 5.44 Å². The molecular weight excluding hydrogens is 288 g/mol. The molecule has 0 bridgehead atoms. The van der Waals surface area contributed by atoms with Gasteiger partial charge in [0.2, 0.25) is 0 Å². The first-order valence-corrected chi connectivity index (χ1v) is 7.69. The Kier molecular flexibility index (Phi) is 6.75. The third-order valence-corrected chi connectivity index (χ3v) is 3.70. The Morgan fingerprint density at radius 1 is 0.636 bits per heavy atom. The minimum atomic E-state index is -0.0961. The molecule has 0 spiro atoms. The Bertz CT molecular complexity index is 601. The second-order valence-electron chi connectivity index (χ2n) is 4.73. The zero-order chi connectivity index (χ0) is 15.6. The van der Waals surface area contributed by atoms with Crippen LogP contribution in [0.15, 0.2) is 91.0 Å². The smallest absolute Gasteiger partial charge is 0.125 e. The van der Waals surface area contributed by atoms with Gasteiger partial charge in [0.15, 0.2) is 0 Å². The number of benzene rings is 3. The molecule has 1 nitrogen and oxygen atoms in total. The van der Waals surface area contributed by atoms with E-state index < -0.39 is 0 Å². The third-order valence-electron chi connectivity index (χ3n) is 3.19. The number of hydrogen-bond donors (Lipinski definition) is 1. The summed E-state index contributed by atoms with van der Waals surface area (Å²) in [7, 11) is 1.64. The van der Waals surface area contributed by atoms with E-state index in [4.69, 9.17) is 4.74 Å². The fourth-order valence-corrected chi connectivity index (χ4v) is 2.19. The van der Waals surface area contributed by atoms with Crippen LogP contribution >= 0.6 is 12.6 Å². The van der Waals surface area contributed by atoms with Gasteiger partial charge in [-0.15, -0.1) is 12.6 Å². The van der Waals surface area contributed by atoms with Gasteiger partial charge in [0.05, 0.1) is 0 Å². The predicted octanol–water partition coefficient (Wildman–Crippen LogP) is 5.62. The van der Waals surface area contributed by atoms with Gasteiger partial charge < -0.3 is 4.74 Å². The molecule has 0 heterocycles. The highest BCUT2D eigenvalue weighted by molar-refractivity contribution is 7.80. The molecule has 0 amide bonds. The molecule has 1 atom stereocenters. The molecule has 0 aromatic heterocycles. The van der Waals surface area contributed by atoms with Crippen molar-refractivity contribution in [3.05, 3.63) is 96.6 Å². The number of ether oxygens (including phenoxy) is 1. The molecule has 112 valence electrons. The van der Waals surface area contributed by atoms with E-state index >= 15 is 0 Å². The van der Waals surface area contributed by atoms with Crippen LogP contribution in [0.4, 0.5) is 0 Å². The molecule has 0 radical (unpaired) electrons. The molecule has 3 aromatic rings. The van der Waals surface area contributed by atoms with E-state index in [2.05, 4.69) is 61.2 Å². The maximum atomic E-state index is 5.00. The van der Waals surface area contributed by atoms with Crippen molar-refractivity contribution in [3.8, 4) is 11.1 Å². The largest absolute Gasteiger partial charge is 0.366 e. The summed E-state index contributed by atoms with van der Waals surface area (Å²) in [5.41, 5.74) is 3.55. The van der Waals surface area contributed by atoms with Gasteiger partial charge in [-0.05, 0) is 16.7 Å². The minimum Gasteiger partial charge on any atom is -0.366 e. The highest BCUT2D eigenvalue weighted by Crippen LogP contribution is 2.19. The van der Waals surface area contributed by atoms with Crippen molar-refractivity contribution < 1.29 is 4.74 Å². The highest BCUT2D eigenvalue weighted by Gasteiger charge is 2.00. The van der Waals surface area contributed by atoms with Crippen LogP contribution in [0.2, 0.25) is 0 Å². The van der Waals surface area contributed by atoms with Gasteiger partial charge in [-0.2, -0.15) is 0 Å². The summed E-state index contributed by atoms with van der Waals surface area (Å²) >= 11 is 4.20. The first-order chi connectivity index (χ1) is 10.8. The number of hydrogen-bond acceptors (Lipinski definition) is 2. The summed E-state index contributed by atoms with van der Waals surface area (Å²) in [5.74, 6) is 0. The van der Waals surface area contributed by atoms with Crippen molar-refractivity contribution in [2.45, 2.75) is 5.44 Å². The second-order valence-corrected chi connectivity index (χ2v) is 5.20. The Hall–Kier alpha value is -2.03. The molecule has 3 aromatic carbocycles. The molecule has 0 aliphatic heterocycles. The monoisotopic (exact) mass is 308 g/mol. The van der Waals surface area contributed by atoms with E-state index in [0.29, 0.717) is 0 Å². The van der Waals surface area contributed by atoms with E-state index in [9.17, 15) is 0 Å². The Labute approximate surface area is 138 Å². The van der Waals surface area contributed by atoms with Crippen molar-refractivity contribution >= 4 is 12.6 Å². The number of methoxy groups -OCH3 is 1. The van der Waals surface area contributed by atoms with E-state index in [0.717, 1.165) is 5.56 Å². The lowest BCUT2D eigenvalue weighted by atomic mass is 10.1. The van der Waals surface area contributed by atoms with Crippen molar-refractivity contribution in [2.75, 3.05) is 7.11 Å². The summed E-state index contributed by atoms with van der Waals surface area (Å²) < 4.78 is 5.00. The van der Waals surface area contributed by atoms with E-state index in [1.54, 1.807) is 7.11 Å². The van der Waals surface area contributed by atoms with Crippen LogP contribution in [-0.2, 0) is 4.74 Å². The maximum absolute atomic E-state index is 5.00. The lowest BCUT2D eigenvalue weighted by molar-refractivity contribution is 0.177. The molecule has 1 unspecified atom stereocenters. The lowest BCUT2D eigenvalue weighted by Crippen LogP contribution is -1.90. The summed E-state index contributed by atoms with van der Waals surface area (Å²) in [6.45, 7) is 0. The number of thiol groups is 1. The van der Waals surface area contributed by atoms with Gasteiger partial charge in [0, 0.05) is 7.11 Å². The molecule has 22 heavy (non-hydrogen) atoms. The predicted molar refractivity (Wildman–Crippen MR) is 97.1 cm³/mol. The average Bonchev–Trinajstić information content (AvgIpc) is 2.64. The Morgan fingerprint density at radius 3 is 1.36 bits per heavy atom. The molecule has 0 aliphatic rings. The lowest BCUT2D eigenvalue weighted by Gasteiger charge is -2.06. The zero-order valence-electron chi connectivity index (χ0n) is 12.6. The van der Waals surface area contributed by atoms with Crippen LogP contribution in [0.3, 0.4) is 0 Å². The number of rotatable bonds is 3. The molecule has 0 aliphatic carbocycles. The van der Waals surface area contributed by atoms with Gasteiger partial charge in [0.25, 0.3) is 0 Å². The SMILES string of the molecule is COC(S)c1ccccc1.c1ccc(-c2ccccc2)cc1. The summed E-state index contributed by atoms with van der Waals surface area (Å²) in [6, 6.07) is 30.7. The van der Waals surface area contributed by atoms with Crippen molar-refractivity contribution in [1.82, 2.24) is 0 Å². The van der Waals surface area contributed by atoms with Gasteiger partial charge >= 0.3 is 0 Å². The minimum absolute atomic E-state index is 0.0961. The van der Waals surface area contributed by atoms with Gasteiger partial charge in [-0.3, -0.25) is 0 Å². The van der Waals surface area contributed by atoms with Crippen molar-refractivity contribution in [2.24, 2.45) is 0 Å². The summed E-state index contributed by atoms with van der Waals surface area (Å²) in [5, 5.41) is 0. The summed E-state index contributed by atoms with van der Waals surface area (Å²) in [6.07, 6.45) is 0. The van der Waals surface area contributed by atoms with Crippen LogP contribution in [-0.4, -0.2) is 7.11 Å². The van der Waals surface area contributed by atoms with E-state index in [1.165, 1.54) is 11.1 Å². The first-order valence-electron chi connectivity index (χ1n) is 7.17. The second kappa shape index (κ2) is 9.08. The highest BCUT2D eigenvalue weighted by atomic mass is 32.1. The fraction of sp³-hybridized carbons (Fsp3) is 0.100. The quantitative estimate of drug-likeness (QED) is 0.488. The molecule has 0 saturated heterocycles. The Morgan fingerprint density at radius 2 is 1.00 bits per heavy atom. The van der Waals surface area contributed by atoms with E-state index in [1.807, 2.05) is 42.5 Å². The fourth-order valence-electron chi connectivity index (χ4n) is 2.01. The van der Waals surface area contributed by atoms with Gasteiger partial charge in [-0.25, -0.2) is 0 Å². The van der Waals surface area contributed by atoms with Gasteiger partial charge in [-0.1, -0.05) is 91.0 Å². The molecule has 0 N–H and O–H groups in total. The first kappa shape index (κ1) is 16.3. The van der Waals surface area contributed by atoms with Crippen molar-refractivity contribution in [1.29, 1.82) is 0 Å². The van der Waals surface area contributed by atoms with Crippen LogP contribution in [0.25, 0.3) is 11.1 Å². The topological polar surface area (TPSA) is 9.23 Å². The maximum Gasteiger partial charge on any atom is 0.125 e. The third kappa shape index (κ3) is 5.06. The molecular formula is C20H20OS. The van der Waals surface area contributed by atoms with Crippen LogP contribution in [0, 0.1) is 0 Å². The molecule has 0 fully saturated rings. The molecule has 3 rings (SSSR count). The standard InChI is InChI=1S/C12H10.C8H10OS/c1-3-7-11(8-4-1)12-9-5-2-6-10-12;1-9-8(10)7-5-3-2-4-6-7/h1-10H;2-6,8,10H,1H3. The van der Waals surface area contributed by atoms with Crippen LogP contribution < -0.4 is 0 Å². The van der Waals surface area contributed by atoms with Crippen LogP contribution in [0.5, 0.6) is 0 Å². The normalized spacial score (nSPS) is 11.2. The molecule has 0 saturated carbocycles. The zero-order valence-corrected chi connectivity index (χ0v) is 13.5. The Balaban J connectivity index is 0.000000164. The average molecular weight is 308 g/mol. The van der Waals surface area contributed by atoms with Crippen molar-refractivity contribution in [3.63, 3.8) is 0 Å². The van der Waals surface area contributed by atoms with Gasteiger partial charge in [0.1, 0.15) is 5.44 Å². The van der Waals surface area contributed by atoms with Crippen LogP contribution in [0.1, 0.15) is 11.0 Å². The molecule has 2 heteroatoms.